The number of benzene rings is 1. The molecule has 1 aromatic carbocycles. The average molecular weight is 291 g/mol. The topological polar surface area (TPSA) is 77.2 Å². The number of thiazole rings is 1. The minimum atomic E-state index is -0.304. The summed E-state index contributed by atoms with van der Waals surface area (Å²) in [5.74, 6) is 5.66. The number of nitrogens with zero attached hydrogens (tertiary/aromatic N) is 1. The third-order valence-electron chi connectivity index (χ3n) is 2.77. The van der Waals surface area contributed by atoms with E-state index in [1.54, 1.807) is 0 Å². The van der Waals surface area contributed by atoms with E-state index in [1.807, 2.05) is 38.1 Å². The van der Waals surface area contributed by atoms with Gasteiger partial charge in [0.05, 0.1) is 5.69 Å². The molecule has 0 bridgehead atoms. The first-order valence-electron chi connectivity index (χ1n) is 6.33. The number of nitrogens with one attached hydrogen (secondary N) is 1. The molecule has 0 spiro atoms. The number of amides is 1. The predicted octanol–water partition coefficient (Wildman–Crippen LogP) is 2.20. The maximum absolute atomic E-state index is 11.6. The normalized spacial score (nSPS) is 10.3. The Bertz CT molecular complexity index is 610. The molecule has 1 aromatic heterocycles. The molecule has 0 saturated carbocycles. The second-order valence-corrected chi connectivity index (χ2v) is 5.40. The highest BCUT2D eigenvalue weighted by Crippen LogP contribution is 2.21. The van der Waals surface area contributed by atoms with E-state index in [4.69, 9.17) is 10.6 Å². The predicted molar refractivity (Wildman–Crippen MR) is 78.7 cm³/mol. The van der Waals surface area contributed by atoms with E-state index in [1.165, 1.54) is 11.3 Å². The molecule has 0 saturated heterocycles. The van der Waals surface area contributed by atoms with Crippen LogP contribution in [0.3, 0.4) is 0 Å². The molecule has 3 N–H and O–H groups in total. The zero-order valence-electron chi connectivity index (χ0n) is 11.5. The van der Waals surface area contributed by atoms with E-state index in [-0.39, 0.29) is 5.91 Å². The van der Waals surface area contributed by atoms with Crippen molar-refractivity contribution in [1.82, 2.24) is 10.4 Å². The van der Waals surface area contributed by atoms with Gasteiger partial charge in [-0.2, -0.15) is 0 Å². The third kappa shape index (κ3) is 3.34. The van der Waals surface area contributed by atoms with Crippen molar-refractivity contribution in [3.8, 4) is 5.75 Å². The van der Waals surface area contributed by atoms with Gasteiger partial charge in [0, 0.05) is 0 Å². The van der Waals surface area contributed by atoms with Crippen LogP contribution in [0.25, 0.3) is 0 Å². The number of carbonyl (C=O) groups is 1. The fraction of sp³-hybridized carbons (Fsp3) is 0.286. The van der Waals surface area contributed by atoms with Gasteiger partial charge < -0.3 is 4.74 Å². The highest BCUT2D eigenvalue weighted by molar-refractivity contribution is 7.13. The summed E-state index contributed by atoms with van der Waals surface area (Å²) in [6.07, 6.45) is 0.684. The number of nitrogens with two attached hydrogens (primary N) is 1. The summed E-state index contributed by atoms with van der Waals surface area (Å²) < 4.78 is 5.68. The van der Waals surface area contributed by atoms with Gasteiger partial charge >= 0.3 is 0 Å². The van der Waals surface area contributed by atoms with Gasteiger partial charge in [-0.05, 0) is 31.0 Å². The minimum absolute atomic E-state index is 0.304. The van der Waals surface area contributed by atoms with Crippen molar-refractivity contribution in [2.75, 3.05) is 0 Å². The van der Waals surface area contributed by atoms with Crippen LogP contribution in [0.15, 0.2) is 24.3 Å². The lowest BCUT2D eigenvalue weighted by Gasteiger charge is -2.04. The molecular weight excluding hydrogens is 274 g/mol. The number of rotatable bonds is 5. The molecule has 1 heterocycles. The zero-order valence-corrected chi connectivity index (χ0v) is 12.3. The largest absolute Gasteiger partial charge is 0.486 e. The fourth-order valence-electron chi connectivity index (χ4n) is 1.80. The summed E-state index contributed by atoms with van der Waals surface area (Å²) in [5.41, 5.74) is 4.03. The standard InChI is InChI=1S/C14H17N3O2S/c1-3-11-13(14(18)17-15)20-12(16-11)8-19-10-6-4-5-9(2)7-10/h4-7H,3,8,15H2,1-2H3,(H,17,18). The molecule has 0 aliphatic carbocycles. The van der Waals surface area contributed by atoms with Crippen molar-refractivity contribution in [2.24, 2.45) is 5.84 Å². The van der Waals surface area contributed by atoms with Crippen LogP contribution in [-0.4, -0.2) is 10.9 Å². The highest BCUT2D eigenvalue weighted by Gasteiger charge is 2.16. The van der Waals surface area contributed by atoms with Crippen LogP contribution in [0.5, 0.6) is 5.75 Å². The van der Waals surface area contributed by atoms with Gasteiger partial charge in [0.15, 0.2) is 0 Å². The van der Waals surface area contributed by atoms with Crippen molar-refractivity contribution in [2.45, 2.75) is 26.9 Å². The Kier molecular flexibility index (Phi) is 4.70. The molecule has 0 unspecified atom stereocenters. The Morgan fingerprint density at radius 3 is 2.95 bits per heavy atom. The van der Waals surface area contributed by atoms with Gasteiger partial charge in [-0.25, -0.2) is 10.8 Å². The van der Waals surface area contributed by atoms with Crippen molar-refractivity contribution in [3.63, 3.8) is 0 Å². The maximum Gasteiger partial charge on any atom is 0.277 e. The van der Waals surface area contributed by atoms with E-state index >= 15 is 0 Å². The van der Waals surface area contributed by atoms with Gasteiger partial charge in [-0.3, -0.25) is 10.2 Å². The van der Waals surface area contributed by atoms with Crippen molar-refractivity contribution < 1.29 is 9.53 Å². The van der Waals surface area contributed by atoms with Crippen molar-refractivity contribution in [1.29, 1.82) is 0 Å². The third-order valence-corrected chi connectivity index (χ3v) is 3.84. The monoisotopic (exact) mass is 291 g/mol. The Morgan fingerprint density at radius 2 is 2.30 bits per heavy atom. The number of carbonyl (C=O) groups excluding carboxylic acids is 1. The Labute approximate surface area is 121 Å². The lowest BCUT2D eigenvalue weighted by Crippen LogP contribution is -2.30. The smallest absolute Gasteiger partial charge is 0.277 e. The maximum atomic E-state index is 11.6. The van der Waals surface area contributed by atoms with E-state index in [9.17, 15) is 4.79 Å². The van der Waals surface area contributed by atoms with Crippen LogP contribution >= 0.6 is 11.3 Å². The lowest BCUT2D eigenvalue weighted by atomic mass is 10.2. The molecular formula is C14H17N3O2S. The number of nitrogen functional groups attached to an aromatic ring is 1. The number of hydrazine groups is 1. The van der Waals surface area contributed by atoms with Gasteiger partial charge in [0.25, 0.3) is 5.91 Å². The van der Waals surface area contributed by atoms with E-state index in [2.05, 4.69) is 10.4 Å². The van der Waals surface area contributed by atoms with Crippen molar-refractivity contribution >= 4 is 17.2 Å². The lowest BCUT2D eigenvalue weighted by molar-refractivity contribution is 0.0956. The molecule has 5 nitrogen and oxygen atoms in total. The molecule has 0 aliphatic rings. The summed E-state index contributed by atoms with van der Waals surface area (Å²) in [4.78, 5) is 16.6. The van der Waals surface area contributed by atoms with Crippen LogP contribution in [0.2, 0.25) is 0 Å². The second-order valence-electron chi connectivity index (χ2n) is 4.32. The number of hydrogen-bond acceptors (Lipinski definition) is 5. The fourth-order valence-corrected chi connectivity index (χ4v) is 2.76. The van der Waals surface area contributed by atoms with Gasteiger partial charge in [-0.1, -0.05) is 19.1 Å². The molecule has 2 aromatic rings. The average Bonchev–Trinajstić information content (AvgIpc) is 2.87. The summed E-state index contributed by atoms with van der Waals surface area (Å²) in [6.45, 7) is 4.31. The molecule has 6 heteroatoms. The minimum Gasteiger partial charge on any atom is -0.486 e. The number of ether oxygens (including phenoxy) is 1. The molecule has 0 atom stereocenters. The summed E-state index contributed by atoms with van der Waals surface area (Å²) in [7, 11) is 0. The van der Waals surface area contributed by atoms with E-state index in [0.29, 0.717) is 17.9 Å². The molecule has 0 fully saturated rings. The number of aryl methyl sites for hydroxylation is 2. The SMILES string of the molecule is CCc1nc(COc2cccc(C)c2)sc1C(=O)NN. The van der Waals surface area contributed by atoms with E-state index in [0.717, 1.165) is 22.0 Å². The molecule has 20 heavy (non-hydrogen) atoms. The molecule has 0 radical (unpaired) electrons. The number of aromatic nitrogens is 1. The summed E-state index contributed by atoms with van der Waals surface area (Å²) in [5, 5.41) is 0.766. The van der Waals surface area contributed by atoms with Crippen molar-refractivity contribution in [3.05, 3.63) is 45.4 Å². The van der Waals surface area contributed by atoms with Gasteiger partial charge in [0.1, 0.15) is 22.2 Å². The van der Waals surface area contributed by atoms with Crippen LogP contribution in [0.4, 0.5) is 0 Å². The van der Waals surface area contributed by atoms with Gasteiger partial charge in [0.2, 0.25) is 0 Å². The first-order chi connectivity index (χ1) is 9.63. The van der Waals surface area contributed by atoms with E-state index < -0.39 is 0 Å². The first-order valence-corrected chi connectivity index (χ1v) is 7.14. The Morgan fingerprint density at radius 1 is 1.50 bits per heavy atom. The molecule has 0 aliphatic heterocycles. The van der Waals surface area contributed by atoms with Crippen LogP contribution in [-0.2, 0) is 13.0 Å². The van der Waals surface area contributed by atoms with Crippen LogP contribution in [0.1, 0.15) is 32.9 Å². The highest BCUT2D eigenvalue weighted by atomic mass is 32.1. The summed E-state index contributed by atoms with van der Waals surface area (Å²) in [6, 6.07) is 7.81. The summed E-state index contributed by atoms with van der Waals surface area (Å²) >= 11 is 1.31. The molecule has 1 amide bonds. The second kappa shape index (κ2) is 6.49. The molecule has 106 valence electrons. The Balaban J connectivity index is 2.10. The van der Waals surface area contributed by atoms with Crippen LogP contribution < -0.4 is 16.0 Å². The zero-order chi connectivity index (χ0) is 14.5. The van der Waals surface area contributed by atoms with Crippen LogP contribution in [0, 0.1) is 6.92 Å². The quantitative estimate of drug-likeness (QED) is 0.503. The Hall–Kier alpha value is -1.92. The first kappa shape index (κ1) is 14.5. The molecule has 2 rings (SSSR count). The number of hydrogen-bond donors (Lipinski definition) is 2. The van der Waals surface area contributed by atoms with Gasteiger partial charge in [-0.15, -0.1) is 11.3 Å².